The molecule has 0 spiro atoms. The van der Waals surface area contributed by atoms with Crippen molar-refractivity contribution in [2.24, 2.45) is 5.92 Å². The number of aromatic nitrogens is 2. The molecule has 2 aromatic rings. The Bertz CT molecular complexity index is 1060. The number of thiocarbonyl (C=S) groups is 1. The van der Waals surface area contributed by atoms with Crippen molar-refractivity contribution in [1.29, 1.82) is 0 Å². The minimum Gasteiger partial charge on any atom is -0.493 e. The van der Waals surface area contributed by atoms with Gasteiger partial charge in [0.2, 0.25) is 0 Å². The molecule has 1 aliphatic rings. The first kappa shape index (κ1) is 30.5. The van der Waals surface area contributed by atoms with E-state index in [-0.39, 0.29) is 6.09 Å². The molecule has 2 N–H and O–H groups in total. The first-order valence-corrected chi connectivity index (χ1v) is 14.4. The fraction of sp³-hybridized carbons (Fsp3) is 0.621. The number of benzene rings is 1. The number of likely N-dealkylation sites (tertiary alicyclic amines) is 1. The van der Waals surface area contributed by atoms with Gasteiger partial charge in [-0.1, -0.05) is 6.42 Å². The number of hydrogen-bond acceptors (Lipinski definition) is 6. The molecule has 0 bridgehead atoms. The zero-order chi connectivity index (χ0) is 28.3. The number of methoxy groups -OCH3 is 1. The van der Waals surface area contributed by atoms with Crippen LogP contribution in [0.2, 0.25) is 0 Å². The van der Waals surface area contributed by atoms with Crippen LogP contribution in [-0.2, 0) is 11.3 Å². The average molecular weight is 560 g/mol. The zero-order valence-corrected chi connectivity index (χ0v) is 24.9. The van der Waals surface area contributed by atoms with Gasteiger partial charge in [0.05, 0.1) is 20.0 Å². The zero-order valence-electron chi connectivity index (χ0n) is 24.1. The fourth-order valence-corrected chi connectivity index (χ4v) is 4.78. The van der Waals surface area contributed by atoms with E-state index in [9.17, 15) is 4.79 Å². The number of rotatable bonds is 12. The van der Waals surface area contributed by atoms with Crippen molar-refractivity contribution in [3.63, 3.8) is 0 Å². The van der Waals surface area contributed by atoms with Gasteiger partial charge in [-0.25, -0.2) is 9.78 Å². The molecule has 0 unspecified atom stereocenters. The quantitative estimate of drug-likeness (QED) is 0.250. The smallest absolute Gasteiger partial charge is 0.410 e. The number of nitrogens with zero attached hydrogens (tertiary/aromatic N) is 3. The summed E-state index contributed by atoms with van der Waals surface area (Å²) in [4.78, 5) is 18.2. The maximum Gasteiger partial charge on any atom is 0.410 e. The highest BCUT2D eigenvalue weighted by Crippen LogP contribution is 2.31. The molecule has 39 heavy (non-hydrogen) atoms. The Morgan fingerprint density at radius 2 is 1.92 bits per heavy atom. The van der Waals surface area contributed by atoms with Gasteiger partial charge < -0.3 is 34.3 Å². The second-order valence-electron chi connectivity index (χ2n) is 11.1. The van der Waals surface area contributed by atoms with E-state index in [1.807, 2.05) is 63.3 Å². The summed E-state index contributed by atoms with van der Waals surface area (Å²) >= 11 is 5.44. The topological polar surface area (TPSA) is 89.9 Å². The lowest BCUT2D eigenvalue weighted by molar-refractivity contribution is 0.0180. The Hall–Kier alpha value is -3.01. The number of imidazole rings is 1. The van der Waals surface area contributed by atoms with Crippen molar-refractivity contribution < 1.29 is 19.0 Å². The number of amides is 1. The number of nitrogens with one attached hydrogen (secondary N) is 2. The SMILES string of the molecule is COc1cc(NC(=S)NCCCn2cncc2C)ccc1OCCCCC1CCN(C(=O)OC(C)(C)C)CC1. The summed E-state index contributed by atoms with van der Waals surface area (Å²) < 4.78 is 19.2. The molecule has 3 rings (SSSR count). The number of ether oxygens (including phenoxy) is 3. The number of hydrogen-bond donors (Lipinski definition) is 2. The summed E-state index contributed by atoms with van der Waals surface area (Å²) in [5.41, 5.74) is 1.56. The summed E-state index contributed by atoms with van der Waals surface area (Å²) in [5.74, 6) is 2.05. The van der Waals surface area contributed by atoms with Crippen LogP contribution in [0.3, 0.4) is 0 Å². The summed E-state index contributed by atoms with van der Waals surface area (Å²) in [6, 6.07) is 5.76. The first-order valence-electron chi connectivity index (χ1n) is 13.9. The molecule has 2 heterocycles. The van der Waals surface area contributed by atoms with E-state index >= 15 is 0 Å². The number of piperidine rings is 1. The van der Waals surface area contributed by atoms with E-state index in [2.05, 4.69) is 20.2 Å². The standard InChI is InChI=1S/C29H45N5O4S/c1-22-20-30-21-34(22)15-8-14-31-27(39)32-24-10-11-25(26(19-24)36-5)37-18-7-6-9-23-12-16-33(17-13-23)28(35)38-29(2,3)4/h10-11,19-21,23H,6-9,12-18H2,1-5H3,(H2,31,32,39). The van der Waals surface area contributed by atoms with Gasteiger partial charge in [-0.2, -0.15) is 0 Å². The second kappa shape index (κ2) is 15.0. The largest absolute Gasteiger partial charge is 0.493 e. The van der Waals surface area contributed by atoms with Crippen LogP contribution < -0.4 is 20.1 Å². The predicted octanol–water partition coefficient (Wildman–Crippen LogP) is 5.77. The van der Waals surface area contributed by atoms with Crippen LogP contribution in [0.15, 0.2) is 30.7 Å². The molecule has 0 radical (unpaired) electrons. The molecule has 1 aliphatic heterocycles. The normalized spacial score (nSPS) is 14.1. The number of carbonyl (C=O) groups is 1. The summed E-state index contributed by atoms with van der Waals surface area (Å²) in [5, 5.41) is 7.04. The van der Waals surface area contributed by atoms with Crippen molar-refractivity contribution in [1.82, 2.24) is 19.8 Å². The first-order chi connectivity index (χ1) is 18.6. The average Bonchev–Trinajstić information content (AvgIpc) is 3.30. The lowest BCUT2D eigenvalue weighted by Crippen LogP contribution is -2.41. The van der Waals surface area contributed by atoms with Gasteiger partial charge in [-0.3, -0.25) is 0 Å². The van der Waals surface area contributed by atoms with E-state index in [0.717, 1.165) is 81.8 Å². The van der Waals surface area contributed by atoms with Crippen LogP contribution in [0.5, 0.6) is 11.5 Å². The number of aryl methyl sites for hydroxylation is 2. The minimum absolute atomic E-state index is 0.195. The van der Waals surface area contributed by atoms with Crippen molar-refractivity contribution in [2.45, 2.75) is 78.4 Å². The number of unbranched alkanes of at least 4 members (excludes halogenated alkanes) is 1. The highest BCUT2D eigenvalue weighted by molar-refractivity contribution is 7.80. The molecular formula is C29H45N5O4S. The van der Waals surface area contributed by atoms with E-state index in [1.54, 1.807) is 7.11 Å². The molecule has 1 aromatic heterocycles. The van der Waals surface area contributed by atoms with Crippen molar-refractivity contribution in [3.8, 4) is 11.5 Å². The Morgan fingerprint density at radius 3 is 2.59 bits per heavy atom. The third-order valence-electron chi connectivity index (χ3n) is 6.73. The molecule has 1 fully saturated rings. The third-order valence-corrected chi connectivity index (χ3v) is 6.98. The molecular weight excluding hydrogens is 514 g/mol. The maximum atomic E-state index is 12.2. The van der Waals surface area contributed by atoms with Crippen LogP contribution in [0.4, 0.5) is 10.5 Å². The van der Waals surface area contributed by atoms with Gasteiger partial charge in [-0.15, -0.1) is 0 Å². The van der Waals surface area contributed by atoms with Gasteiger partial charge in [-0.05, 0) is 90.1 Å². The van der Waals surface area contributed by atoms with Gasteiger partial charge in [0.25, 0.3) is 0 Å². The highest BCUT2D eigenvalue weighted by atomic mass is 32.1. The molecule has 0 saturated carbocycles. The van der Waals surface area contributed by atoms with E-state index in [0.29, 0.717) is 23.4 Å². The molecule has 216 valence electrons. The fourth-order valence-electron chi connectivity index (χ4n) is 4.56. The molecule has 1 aromatic carbocycles. The van der Waals surface area contributed by atoms with Crippen molar-refractivity contribution in [3.05, 3.63) is 36.4 Å². The number of anilines is 1. The Labute approximate surface area is 238 Å². The minimum atomic E-state index is -0.446. The summed E-state index contributed by atoms with van der Waals surface area (Å²) in [7, 11) is 1.64. The molecule has 1 saturated heterocycles. The van der Waals surface area contributed by atoms with Gasteiger partial charge >= 0.3 is 6.09 Å². The van der Waals surface area contributed by atoms with Crippen LogP contribution in [-0.4, -0.2) is 64.6 Å². The molecule has 0 atom stereocenters. The van der Waals surface area contributed by atoms with Crippen LogP contribution in [0, 0.1) is 12.8 Å². The van der Waals surface area contributed by atoms with E-state index in [1.165, 1.54) is 0 Å². The maximum absolute atomic E-state index is 12.2. The molecule has 10 heteroatoms. The monoisotopic (exact) mass is 559 g/mol. The van der Waals surface area contributed by atoms with Gasteiger partial charge in [0.1, 0.15) is 5.60 Å². The van der Waals surface area contributed by atoms with Crippen molar-refractivity contribution >= 4 is 29.1 Å². The summed E-state index contributed by atoms with van der Waals surface area (Å²) in [6.45, 7) is 11.6. The molecule has 0 aliphatic carbocycles. The third kappa shape index (κ3) is 10.6. The van der Waals surface area contributed by atoms with Gasteiger partial charge in [0.15, 0.2) is 16.6 Å². The Kier molecular flexibility index (Phi) is 11.7. The summed E-state index contributed by atoms with van der Waals surface area (Å²) in [6.07, 6.45) is 9.74. The van der Waals surface area contributed by atoms with E-state index < -0.39 is 5.60 Å². The molecule has 1 amide bonds. The second-order valence-corrected chi connectivity index (χ2v) is 11.5. The number of carbonyl (C=O) groups excluding carboxylic acids is 1. The van der Waals surface area contributed by atoms with Crippen LogP contribution in [0.25, 0.3) is 0 Å². The Balaban J connectivity index is 1.30. The Morgan fingerprint density at radius 1 is 1.15 bits per heavy atom. The lowest BCUT2D eigenvalue weighted by Gasteiger charge is -2.33. The van der Waals surface area contributed by atoms with Crippen LogP contribution >= 0.6 is 12.2 Å². The lowest BCUT2D eigenvalue weighted by atomic mass is 9.92. The van der Waals surface area contributed by atoms with Crippen LogP contribution in [0.1, 0.15) is 65.0 Å². The predicted molar refractivity (Wildman–Crippen MR) is 159 cm³/mol. The highest BCUT2D eigenvalue weighted by Gasteiger charge is 2.26. The van der Waals surface area contributed by atoms with E-state index in [4.69, 9.17) is 26.4 Å². The van der Waals surface area contributed by atoms with Crippen molar-refractivity contribution in [2.75, 3.05) is 38.7 Å². The van der Waals surface area contributed by atoms with Gasteiger partial charge in [0, 0.05) is 49.8 Å². The molecule has 9 nitrogen and oxygen atoms in total.